The van der Waals surface area contributed by atoms with E-state index in [1.165, 1.54) is 10.9 Å². The third-order valence-electron chi connectivity index (χ3n) is 3.15. The summed E-state index contributed by atoms with van der Waals surface area (Å²) in [6.07, 6.45) is 0. The highest BCUT2D eigenvalue weighted by Gasteiger charge is 2.05. The Bertz CT molecular complexity index is 799. The Kier molecular flexibility index (Phi) is 4.67. The van der Waals surface area contributed by atoms with Gasteiger partial charge in [0, 0.05) is 9.80 Å². The fourth-order valence-electron chi connectivity index (χ4n) is 2.10. The molecule has 0 radical (unpaired) electrons. The highest BCUT2D eigenvalue weighted by molar-refractivity contribution is 9.11. The van der Waals surface area contributed by atoms with Crippen molar-refractivity contribution in [3.63, 3.8) is 0 Å². The van der Waals surface area contributed by atoms with Crippen LogP contribution >= 0.6 is 47.8 Å². The van der Waals surface area contributed by atoms with Gasteiger partial charge >= 0.3 is 0 Å². The van der Waals surface area contributed by atoms with Gasteiger partial charge in [0.15, 0.2) is 0 Å². The van der Waals surface area contributed by atoms with Gasteiger partial charge in [-0.25, -0.2) is 0 Å². The zero-order valence-electron chi connectivity index (χ0n) is 10.9. The maximum absolute atomic E-state index is 5.97. The standard InChI is InChI=1S/C17H11Br3O/c18-10-11-1-6-17(16(20)7-11)21-15-5-3-12-8-14(19)4-2-13(12)9-15/h1-9H,10H2. The lowest BCUT2D eigenvalue weighted by atomic mass is 10.1. The second kappa shape index (κ2) is 6.51. The summed E-state index contributed by atoms with van der Waals surface area (Å²) < 4.78 is 8.01. The molecule has 3 rings (SSSR count). The van der Waals surface area contributed by atoms with Gasteiger partial charge in [-0.15, -0.1) is 0 Å². The van der Waals surface area contributed by atoms with E-state index in [9.17, 15) is 0 Å². The summed E-state index contributed by atoms with van der Waals surface area (Å²) in [5.74, 6) is 1.65. The van der Waals surface area contributed by atoms with Gasteiger partial charge in [0.05, 0.1) is 4.47 Å². The summed E-state index contributed by atoms with van der Waals surface area (Å²) in [7, 11) is 0. The van der Waals surface area contributed by atoms with E-state index in [2.05, 4.69) is 72.1 Å². The van der Waals surface area contributed by atoms with Crippen LogP contribution < -0.4 is 4.74 Å². The quantitative estimate of drug-likeness (QED) is 0.372. The van der Waals surface area contributed by atoms with Gasteiger partial charge in [-0.05, 0) is 68.7 Å². The molecule has 0 heterocycles. The molecule has 0 aliphatic carbocycles. The summed E-state index contributed by atoms with van der Waals surface area (Å²) in [6, 6.07) is 18.4. The van der Waals surface area contributed by atoms with Crippen molar-refractivity contribution in [1.29, 1.82) is 0 Å². The van der Waals surface area contributed by atoms with Gasteiger partial charge in [0.2, 0.25) is 0 Å². The second-order valence-corrected chi connectivity index (χ2v) is 6.98. The van der Waals surface area contributed by atoms with Crippen LogP contribution in [0.3, 0.4) is 0 Å². The molecule has 3 aromatic carbocycles. The van der Waals surface area contributed by atoms with Crippen LogP contribution in [0.25, 0.3) is 10.8 Å². The first-order valence-electron chi connectivity index (χ1n) is 6.37. The molecule has 1 nitrogen and oxygen atoms in total. The average molecular weight is 471 g/mol. The molecular formula is C17H11Br3O. The summed E-state index contributed by atoms with van der Waals surface area (Å²) in [4.78, 5) is 0. The van der Waals surface area contributed by atoms with Crippen molar-refractivity contribution < 1.29 is 4.74 Å². The Labute approximate surface area is 148 Å². The van der Waals surface area contributed by atoms with Crippen molar-refractivity contribution >= 4 is 58.6 Å². The highest BCUT2D eigenvalue weighted by Crippen LogP contribution is 2.32. The summed E-state index contributed by atoms with van der Waals surface area (Å²) in [5.41, 5.74) is 1.21. The van der Waals surface area contributed by atoms with E-state index in [1.807, 2.05) is 30.3 Å². The van der Waals surface area contributed by atoms with Gasteiger partial charge in [-0.1, -0.05) is 50.1 Å². The van der Waals surface area contributed by atoms with Crippen LogP contribution in [0.4, 0.5) is 0 Å². The van der Waals surface area contributed by atoms with Crippen molar-refractivity contribution in [1.82, 2.24) is 0 Å². The van der Waals surface area contributed by atoms with Gasteiger partial charge in [0.25, 0.3) is 0 Å². The molecule has 0 N–H and O–H groups in total. The van der Waals surface area contributed by atoms with E-state index in [0.29, 0.717) is 0 Å². The van der Waals surface area contributed by atoms with Crippen LogP contribution in [-0.4, -0.2) is 0 Å². The maximum atomic E-state index is 5.97. The molecule has 0 fully saturated rings. The third kappa shape index (κ3) is 3.50. The molecule has 4 heteroatoms. The molecule has 0 saturated carbocycles. The minimum Gasteiger partial charge on any atom is -0.456 e. The van der Waals surface area contributed by atoms with Crippen LogP contribution in [0, 0.1) is 0 Å². The van der Waals surface area contributed by atoms with E-state index in [0.717, 1.165) is 31.2 Å². The summed E-state index contributed by atoms with van der Waals surface area (Å²) >= 11 is 10.5. The maximum Gasteiger partial charge on any atom is 0.141 e. The Morgan fingerprint density at radius 2 is 1.57 bits per heavy atom. The normalized spacial score (nSPS) is 10.8. The molecule has 0 bridgehead atoms. The minimum atomic E-state index is 0.816. The van der Waals surface area contributed by atoms with E-state index in [4.69, 9.17) is 4.74 Å². The molecular weight excluding hydrogens is 460 g/mol. The number of benzene rings is 3. The van der Waals surface area contributed by atoms with Crippen molar-refractivity contribution in [2.45, 2.75) is 5.33 Å². The highest BCUT2D eigenvalue weighted by atomic mass is 79.9. The molecule has 0 amide bonds. The minimum absolute atomic E-state index is 0.816. The lowest BCUT2D eigenvalue weighted by Gasteiger charge is -2.10. The Hall–Kier alpha value is -0.840. The van der Waals surface area contributed by atoms with Crippen LogP contribution in [0.5, 0.6) is 11.5 Å². The van der Waals surface area contributed by atoms with Gasteiger partial charge in [-0.2, -0.15) is 0 Å². The first-order valence-corrected chi connectivity index (χ1v) is 9.08. The smallest absolute Gasteiger partial charge is 0.141 e. The summed E-state index contributed by atoms with van der Waals surface area (Å²) in [6.45, 7) is 0. The Morgan fingerprint density at radius 3 is 2.33 bits per heavy atom. The SMILES string of the molecule is BrCc1ccc(Oc2ccc3cc(Br)ccc3c2)c(Br)c1. The number of rotatable bonds is 3. The molecule has 0 aromatic heterocycles. The number of alkyl halides is 1. The predicted octanol–water partition coefficient (Wildman–Crippen LogP) is 7.05. The zero-order chi connectivity index (χ0) is 14.8. The second-order valence-electron chi connectivity index (χ2n) is 4.65. The predicted molar refractivity (Wildman–Crippen MR) is 98.5 cm³/mol. The van der Waals surface area contributed by atoms with Crippen molar-refractivity contribution in [3.8, 4) is 11.5 Å². The first kappa shape index (κ1) is 15.1. The Balaban J connectivity index is 1.92. The molecule has 3 aromatic rings. The van der Waals surface area contributed by atoms with E-state index in [-0.39, 0.29) is 0 Å². The van der Waals surface area contributed by atoms with E-state index in [1.54, 1.807) is 0 Å². The number of ether oxygens (including phenoxy) is 1. The fourth-order valence-corrected chi connectivity index (χ4v) is 3.33. The number of hydrogen-bond acceptors (Lipinski definition) is 1. The molecule has 106 valence electrons. The van der Waals surface area contributed by atoms with Crippen molar-refractivity contribution in [2.24, 2.45) is 0 Å². The first-order chi connectivity index (χ1) is 10.2. The Morgan fingerprint density at radius 1 is 0.810 bits per heavy atom. The largest absolute Gasteiger partial charge is 0.456 e. The topological polar surface area (TPSA) is 9.23 Å². The molecule has 0 aliphatic rings. The van der Waals surface area contributed by atoms with Crippen LogP contribution in [0.2, 0.25) is 0 Å². The average Bonchev–Trinajstić information content (AvgIpc) is 2.49. The lowest BCUT2D eigenvalue weighted by Crippen LogP contribution is -1.87. The van der Waals surface area contributed by atoms with Crippen LogP contribution in [0.15, 0.2) is 63.5 Å². The van der Waals surface area contributed by atoms with Crippen LogP contribution in [0.1, 0.15) is 5.56 Å². The monoisotopic (exact) mass is 468 g/mol. The molecule has 0 atom stereocenters. The molecule has 0 aliphatic heterocycles. The number of halogens is 3. The molecule has 0 saturated heterocycles. The molecule has 0 unspecified atom stereocenters. The van der Waals surface area contributed by atoms with Crippen molar-refractivity contribution in [2.75, 3.05) is 0 Å². The molecule has 21 heavy (non-hydrogen) atoms. The van der Waals surface area contributed by atoms with Crippen LogP contribution in [-0.2, 0) is 5.33 Å². The summed E-state index contributed by atoms with van der Waals surface area (Å²) in [5, 5.41) is 3.17. The molecule has 0 spiro atoms. The van der Waals surface area contributed by atoms with Gasteiger partial charge in [0.1, 0.15) is 11.5 Å². The van der Waals surface area contributed by atoms with Gasteiger partial charge in [-0.3, -0.25) is 0 Å². The van der Waals surface area contributed by atoms with E-state index < -0.39 is 0 Å². The number of fused-ring (bicyclic) bond motifs is 1. The fraction of sp³-hybridized carbons (Fsp3) is 0.0588. The third-order valence-corrected chi connectivity index (χ3v) is 4.91. The zero-order valence-corrected chi connectivity index (χ0v) is 15.7. The lowest BCUT2D eigenvalue weighted by molar-refractivity contribution is 0.480. The van der Waals surface area contributed by atoms with E-state index >= 15 is 0 Å². The van der Waals surface area contributed by atoms with Crippen molar-refractivity contribution in [3.05, 3.63) is 69.1 Å². The van der Waals surface area contributed by atoms with Gasteiger partial charge < -0.3 is 4.74 Å². The number of hydrogen-bond donors (Lipinski definition) is 0.